The fourth-order valence-electron chi connectivity index (χ4n) is 4.73. The van der Waals surface area contributed by atoms with Gasteiger partial charge in [0.25, 0.3) is 0 Å². The molecule has 188 valence electrons. The first kappa shape index (κ1) is 24.4. The van der Waals surface area contributed by atoms with E-state index in [9.17, 15) is 4.79 Å². The van der Waals surface area contributed by atoms with Gasteiger partial charge < -0.3 is 19.4 Å². The lowest BCUT2D eigenvalue weighted by Crippen LogP contribution is -2.26. The van der Waals surface area contributed by atoms with Gasteiger partial charge in [-0.15, -0.1) is 0 Å². The number of carbonyl (C=O) groups is 1. The fourth-order valence-corrected chi connectivity index (χ4v) is 4.73. The highest BCUT2D eigenvalue weighted by Crippen LogP contribution is 2.27. The predicted molar refractivity (Wildman–Crippen MR) is 147 cm³/mol. The van der Waals surface area contributed by atoms with Crippen molar-refractivity contribution in [2.24, 2.45) is 0 Å². The summed E-state index contributed by atoms with van der Waals surface area (Å²) < 4.78 is 12.9. The molecule has 0 spiro atoms. The molecule has 1 aromatic heterocycles. The summed E-state index contributed by atoms with van der Waals surface area (Å²) in [5, 5.41) is 5.52. The SMILES string of the molecule is COc1ccc(CC(=O)NCCCc2nc3ccccc3n2Cc2ccc3ccccc3c2)cc1OC. The zero-order chi connectivity index (χ0) is 25.6. The zero-order valence-corrected chi connectivity index (χ0v) is 21.2. The van der Waals surface area contributed by atoms with E-state index >= 15 is 0 Å². The van der Waals surface area contributed by atoms with Crippen LogP contribution < -0.4 is 14.8 Å². The van der Waals surface area contributed by atoms with Gasteiger partial charge in [-0.1, -0.05) is 54.6 Å². The lowest BCUT2D eigenvalue weighted by molar-refractivity contribution is -0.120. The molecule has 37 heavy (non-hydrogen) atoms. The van der Waals surface area contributed by atoms with Crippen molar-refractivity contribution in [2.45, 2.75) is 25.8 Å². The van der Waals surface area contributed by atoms with Crippen molar-refractivity contribution in [2.75, 3.05) is 20.8 Å². The molecule has 6 heteroatoms. The number of ether oxygens (including phenoxy) is 2. The lowest BCUT2D eigenvalue weighted by Gasteiger charge is -2.11. The van der Waals surface area contributed by atoms with Gasteiger partial charge in [-0.25, -0.2) is 4.98 Å². The monoisotopic (exact) mass is 493 g/mol. The Morgan fingerprint density at radius 3 is 2.43 bits per heavy atom. The first-order valence-electron chi connectivity index (χ1n) is 12.5. The average molecular weight is 494 g/mol. The Labute approximate surface area is 216 Å². The summed E-state index contributed by atoms with van der Waals surface area (Å²) in [6.45, 7) is 1.34. The van der Waals surface area contributed by atoms with Gasteiger partial charge in [0.15, 0.2) is 11.5 Å². The molecule has 4 aromatic carbocycles. The number of amides is 1. The maximum absolute atomic E-state index is 12.5. The normalized spacial score (nSPS) is 11.1. The van der Waals surface area contributed by atoms with E-state index in [2.05, 4.69) is 70.5 Å². The molecular formula is C31H31N3O3. The van der Waals surface area contributed by atoms with E-state index in [4.69, 9.17) is 14.5 Å². The number of rotatable bonds is 10. The summed E-state index contributed by atoms with van der Waals surface area (Å²) in [5.74, 6) is 2.29. The largest absolute Gasteiger partial charge is 0.493 e. The minimum atomic E-state index is -0.0168. The summed E-state index contributed by atoms with van der Waals surface area (Å²) in [7, 11) is 3.19. The lowest BCUT2D eigenvalue weighted by atomic mass is 10.1. The van der Waals surface area contributed by atoms with Crippen LogP contribution in [0.3, 0.4) is 0 Å². The Morgan fingerprint density at radius 1 is 0.838 bits per heavy atom. The highest BCUT2D eigenvalue weighted by atomic mass is 16.5. The molecule has 0 unspecified atom stereocenters. The highest BCUT2D eigenvalue weighted by Gasteiger charge is 2.12. The van der Waals surface area contributed by atoms with E-state index < -0.39 is 0 Å². The van der Waals surface area contributed by atoms with Crippen LogP contribution in [-0.4, -0.2) is 36.2 Å². The molecule has 0 atom stereocenters. The maximum Gasteiger partial charge on any atom is 0.224 e. The van der Waals surface area contributed by atoms with Crippen LogP contribution in [0.15, 0.2) is 84.9 Å². The minimum absolute atomic E-state index is 0.0168. The molecule has 5 rings (SSSR count). The average Bonchev–Trinajstić information content (AvgIpc) is 3.28. The molecule has 0 bridgehead atoms. The van der Waals surface area contributed by atoms with Crippen molar-refractivity contribution < 1.29 is 14.3 Å². The number of fused-ring (bicyclic) bond motifs is 2. The Kier molecular flexibility index (Phi) is 7.36. The van der Waals surface area contributed by atoms with Crippen LogP contribution in [0.1, 0.15) is 23.4 Å². The number of nitrogens with zero attached hydrogens (tertiary/aromatic N) is 2. The molecule has 0 saturated heterocycles. The third kappa shape index (κ3) is 5.59. The molecule has 0 aliphatic rings. The summed E-state index contributed by atoms with van der Waals surface area (Å²) in [6.07, 6.45) is 1.87. The van der Waals surface area contributed by atoms with Crippen LogP contribution in [-0.2, 0) is 24.2 Å². The van der Waals surface area contributed by atoms with E-state index in [1.165, 1.54) is 16.3 Å². The molecule has 0 aliphatic heterocycles. The number of aryl methyl sites for hydroxylation is 1. The molecule has 6 nitrogen and oxygen atoms in total. The molecule has 1 N–H and O–H groups in total. The quantitative estimate of drug-likeness (QED) is 0.259. The van der Waals surface area contributed by atoms with Crippen molar-refractivity contribution in [1.82, 2.24) is 14.9 Å². The van der Waals surface area contributed by atoms with Gasteiger partial charge >= 0.3 is 0 Å². The smallest absolute Gasteiger partial charge is 0.224 e. The number of methoxy groups -OCH3 is 2. The molecular weight excluding hydrogens is 462 g/mol. The van der Waals surface area contributed by atoms with Crippen LogP contribution in [0.4, 0.5) is 0 Å². The minimum Gasteiger partial charge on any atom is -0.493 e. The molecule has 0 aliphatic carbocycles. The van der Waals surface area contributed by atoms with E-state index in [1.807, 2.05) is 24.3 Å². The number of para-hydroxylation sites is 2. The third-order valence-corrected chi connectivity index (χ3v) is 6.60. The van der Waals surface area contributed by atoms with Crippen molar-refractivity contribution in [3.63, 3.8) is 0 Å². The maximum atomic E-state index is 12.5. The standard InChI is InChI=1S/C31H31N3O3/c1-36-28-16-14-22(19-29(28)37-2)20-31(35)32-17-7-12-30-33-26-10-5-6-11-27(26)34(30)21-23-13-15-24-8-3-4-9-25(24)18-23/h3-6,8-11,13-16,18-19H,7,12,17,20-21H2,1-2H3,(H,32,35). The number of benzene rings is 4. The van der Waals surface area contributed by atoms with Crippen molar-refractivity contribution in [3.05, 3.63) is 102 Å². The first-order chi connectivity index (χ1) is 18.1. The number of hydrogen-bond donors (Lipinski definition) is 1. The van der Waals surface area contributed by atoms with Crippen molar-refractivity contribution >= 4 is 27.7 Å². The third-order valence-electron chi connectivity index (χ3n) is 6.60. The number of carbonyl (C=O) groups excluding carboxylic acids is 1. The number of nitrogens with one attached hydrogen (secondary N) is 1. The highest BCUT2D eigenvalue weighted by molar-refractivity contribution is 5.83. The second-order valence-corrected chi connectivity index (χ2v) is 9.10. The van der Waals surface area contributed by atoms with Gasteiger partial charge in [0, 0.05) is 19.5 Å². The van der Waals surface area contributed by atoms with Crippen LogP contribution in [0, 0.1) is 0 Å². The summed E-state index contributed by atoms with van der Waals surface area (Å²) in [6, 6.07) is 28.8. The van der Waals surface area contributed by atoms with Crippen molar-refractivity contribution in [1.29, 1.82) is 0 Å². The summed E-state index contributed by atoms with van der Waals surface area (Å²) >= 11 is 0. The second-order valence-electron chi connectivity index (χ2n) is 9.10. The molecule has 0 fully saturated rings. The van der Waals surface area contributed by atoms with Gasteiger partial charge in [-0.3, -0.25) is 4.79 Å². The van der Waals surface area contributed by atoms with Crippen LogP contribution in [0.5, 0.6) is 11.5 Å². The van der Waals surface area contributed by atoms with Crippen LogP contribution in [0.2, 0.25) is 0 Å². The fraction of sp³-hybridized carbons (Fsp3) is 0.226. The Morgan fingerprint density at radius 2 is 1.59 bits per heavy atom. The Bertz CT molecular complexity index is 1540. The Hall–Kier alpha value is -4.32. The number of aromatic nitrogens is 2. The predicted octanol–water partition coefficient (Wildman–Crippen LogP) is 5.55. The topological polar surface area (TPSA) is 65.4 Å². The molecule has 1 amide bonds. The molecule has 0 saturated carbocycles. The van der Waals surface area contributed by atoms with Crippen LogP contribution in [0.25, 0.3) is 21.8 Å². The number of imidazole rings is 1. The van der Waals surface area contributed by atoms with Crippen molar-refractivity contribution in [3.8, 4) is 11.5 Å². The van der Waals surface area contributed by atoms with E-state index in [0.717, 1.165) is 41.8 Å². The molecule has 5 aromatic rings. The molecule has 1 heterocycles. The van der Waals surface area contributed by atoms with E-state index in [1.54, 1.807) is 14.2 Å². The van der Waals surface area contributed by atoms with E-state index in [-0.39, 0.29) is 5.91 Å². The van der Waals surface area contributed by atoms with Gasteiger partial charge in [0.2, 0.25) is 5.91 Å². The van der Waals surface area contributed by atoms with Gasteiger partial charge in [0.1, 0.15) is 5.82 Å². The Balaban J connectivity index is 1.23. The van der Waals surface area contributed by atoms with Gasteiger partial charge in [-0.2, -0.15) is 0 Å². The molecule has 0 radical (unpaired) electrons. The zero-order valence-electron chi connectivity index (χ0n) is 21.2. The summed E-state index contributed by atoms with van der Waals surface area (Å²) in [5.41, 5.74) is 4.25. The summed E-state index contributed by atoms with van der Waals surface area (Å²) in [4.78, 5) is 17.4. The van der Waals surface area contributed by atoms with Gasteiger partial charge in [0.05, 0.1) is 31.7 Å². The second kappa shape index (κ2) is 11.2. The number of hydrogen-bond acceptors (Lipinski definition) is 4. The first-order valence-corrected chi connectivity index (χ1v) is 12.5. The van der Waals surface area contributed by atoms with E-state index in [0.29, 0.717) is 24.5 Å². The van der Waals surface area contributed by atoms with Crippen LogP contribution >= 0.6 is 0 Å². The van der Waals surface area contributed by atoms with Gasteiger partial charge in [-0.05, 0) is 58.7 Å².